The summed E-state index contributed by atoms with van der Waals surface area (Å²) >= 11 is 4.48. The molecule has 0 N–H and O–H groups in total. The lowest BCUT2D eigenvalue weighted by Crippen LogP contribution is -2.41. The molecular formula is C23H23BO4S. The normalized spacial score (nSPS) is 19.9. The molecule has 4 rings (SSSR count). The smallest absolute Gasteiger partial charge is 0.400 e. The van der Waals surface area contributed by atoms with E-state index in [0.717, 1.165) is 22.2 Å². The summed E-state index contributed by atoms with van der Waals surface area (Å²) < 4.78 is 12.3. The first-order valence-electron chi connectivity index (χ1n) is 9.64. The maximum Gasteiger partial charge on any atom is 0.491 e. The number of hydrogen-bond acceptors (Lipinski definition) is 5. The van der Waals surface area contributed by atoms with Gasteiger partial charge in [-0.25, -0.2) is 0 Å². The number of ketones is 2. The summed E-state index contributed by atoms with van der Waals surface area (Å²) in [5.74, 6) is -0.443. The molecule has 0 unspecified atom stereocenters. The first-order valence-corrected chi connectivity index (χ1v) is 10.3. The van der Waals surface area contributed by atoms with E-state index in [1.54, 1.807) is 18.2 Å². The Hall–Kier alpha value is -2.15. The van der Waals surface area contributed by atoms with E-state index in [9.17, 15) is 9.59 Å². The van der Waals surface area contributed by atoms with Crippen molar-refractivity contribution < 1.29 is 18.9 Å². The average molecular weight is 406 g/mol. The van der Waals surface area contributed by atoms with Crippen LogP contribution in [0.15, 0.2) is 47.9 Å². The van der Waals surface area contributed by atoms with Crippen molar-refractivity contribution in [3.05, 3.63) is 64.6 Å². The molecule has 0 amide bonds. The van der Waals surface area contributed by atoms with Crippen LogP contribution in [0.25, 0.3) is 17.2 Å². The van der Waals surface area contributed by atoms with Gasteiger partial charge in [0.25, 0.3) is 0 Å². The Morgan fingerprint density at radius 2 is 1.45 bits per heavy atom. The first-order chi connectivity index (χ1) is 13.6. The molecule has 6 heteroatoms. The summed E-state index contributed by atoms with van der Waals surface area (Å²) in [6.07, 6.45) is 1.99. The Labute approximate surface area is 176 Å². The third-order valence-electron chi connectivity index (χ3n) is 6.05. The third-order valence-corrected chi connectivity index (χ3v) is 6.41. The van der Waals surface area contributed by atoms with Crippen molar-refractivity contribution in [2.75, 3.05) is 5.75 Å². The van der Waals surface area contributed by atoms with Crippen LogP contribution in [0.5, 0.6) is 0 Å². The lowest BCUT2D eigenvalue weighted by molar-refractivity contribution is 0.00578. The van der Waals surface area contributed by atoms with Crippen molar-refractivity contribution in [3.8, 4) is 11.1 Å². The van der Waals surface area contributed by atoms with E-state index in [0.29, 0.717) is 16.9 Å². The van der Waals surface area contributed by atoms with Crippen LogP contribution in [0.3, 0.4) is 0 Å². The van der Waals surface area contributed by atoms with Crippen LogP contribution >= 0.6 is 12.6 Å². The van der Waals surface area contributed by atoms with Crippen molar-refractivity contribution in [1.82, 2.24) is 0 Å². The maximum atomic E-state index is 12.5. The highest BCUT2D eigenvalue weighted by atomic mass is 32.1. The molecule has 1 heterocycles. The predicted molar refractivity (Wildman–Crippen MR) is 118 cm³/mol. The number of carbonyl (C=O) groups is 2. The number of rotatable bonds is 3. The first kappa shape index (κ1) is 20.1. The van der Waals surface area contributed by atoms with Crippen molar-refractivity contribution in [2.24, 2.45) is 0 Å². The molecule has 1 fully saturated rings. The van der Waals surface area contributed by atoms with Crippen LogP contribution in [0.4, 0.5) is 0 Å². The van der Waals surface area contributed by atoms with Gasteiger partial charge in [0, 0.05) is 16.9 Å². The summed E-state index contributed by atoms with van der Waals surface area (Å²) in [5.41, 5.74) is 3.39. The van der Waals surface area contributed by atoms with E-state index in [-0.39, 0.29) is 0 Å². The maximum absolute atomic E-state index is 12.5. The molecule has 29 heavy (non-hydrogen) atoms. The topological polar surface area (TPSA) is 52.6 Å². The molecule has 2 aliphatic rings. The molecule has 0 spiro atoms. The van der Waals surface area contributed by atoms with Gasteiger partial charge >= 0.3 is 7.12 Å². The molecule has 0 saturated carbocycles. The number of thiol groups is 1. The Bertz CT molecular complexity index is 1040. The number of fused-ring (bicyclic) bond motifs is 3. The third kappa shape index (κ3) is 3.29. The van der Waals surface area contributed by atoms with Gasteiger partial charge in [-0.3, -0.25) is 9.59 Å². The lowest BCUT2D eigenvalue weighted by Gasteiger charge is -2.32. The number of carbonyl (C=O) groups excluding carboxylic acids is 2. The number of Topliss-reactive ketones (excluding diaryl/α,β-unsaturated/α-hetero) is 2. The van der Waals surface area contributed by atoms with E-state index in [1.165, 1.54) is 0 Å². The van der Waals surface area contributed by atoms with E-state index < -0.39 is 29.9 Å². The molecule has 1 aliphatic carbocycles. The second-order valence-electron chi connectivity index (χ2n) is 8.47. The van der Waals surface area contributed by atoms with Crippen LogP contribution in [0.1, 0.15) is 54.0 Å². The Balaban J connectivity index is 1.75. The zero-order valence-corrected chi connectivity index (χ0v) is 17.9. The van der Waals surface area contributed by atoms with Crippen molar-refractivity contribution >= 4 is 37.4 Å². The molecule has 4 nitrogen and oxygen atoms in total. The number of benzene rings is 2. The highest BCUT2D eigenvalue weighted by Gasteiger charge is 2.52. The molecule has 1 aliphatic heterocycles. The van der Waals surface area contributed by atoms with Gasteiger partial charge in [0.15, 0.2) is 0 Å². The second kappa shape index (κ2) is 6.97. The minimum atomic E-state index is -0.482. The fraction of sp³-hybridized carbons (Fsp3) is 0.304. The van der Waals surface area contributed by atoms with E-state index in [4.69, 9.17) is 9.31 Å². The molecule has 2 aromatic rings. The van der Waals surface area contributed by atoms with Gasteiger partial charge in [0.1, 0.15) is 0 Å². The van der Waals surface area contributed by atoms with E-state index in [2.05, 4.69) is 12.6 Å². The van der Waals surface area contributed by atoms with Crippen molar-refractivity contribution in [1.29, 1.82) is 0 Å². The SMILES string of the molecule is CC1(C)OB(C(=Cc2ccc3c(c2)-c2ccccc2C(=O)C3=O)CS)OC1(C)C. The van der Waals surface area contributed by atoms with Gasteiger partial charge < -0.3 is 9.31 Å². The summed E-state index contributed by atoms with van der Waals surface area (Å²) in [6, 6.07) is 12.7. The van der Waals surface area contributed by atoms with Crippen molar-refractivity contribution in [3.63, 3.8) is 0 Å². The lowest BCUT2D eigenvalue weighted by atomic mass is 9.77. The van der Waals surface area contributed by atoms with Crippen molar-refractivity contribution in [2.45, 2.75) is 38.9 Å². The fourth-order valence-electron chi connectivity index (χ4n) is 3.63. The highest BCUT2D eigenvalue weighted by molar-refractivity contribution is 7.80. The van der Waals surface area contributed by atoms with Crippen LogP contribution in [0, 0.1) is 0 Å². The molecule has 0 aromatic heterocycles. The van der Waals surface area contributed by atoms with Crippen LogP contribution < -0.4 is 0 Å². The second-order valence-corrected chi connectivity index (χ2v) is 8.79. The molecule has 148 valence electrons. The zero-order valence-electron chi connectivity index (χ0n) is 17.0. The van der Waals surface area contributed by atoms with Crippen LogP contribution in [-0.4, -0.2) is 35.6 Å². The largest absolute Gasteiger partial charge is 0.491 e. The fourth-order valence-corrected chi connectivity index (χ4v) is 3.87. The number of hydrogen-bond donors (Lipinski definition) is 1. The van der Waals surface area contributed by atoms with Gasteiger partial charge in [-0.05, 0) is 62.0 Å². The molecule has 2 aromatic carbocycles. The van der Waals surface area contributed by atoms with E-state index in [1.807, 2.05) is 58.0 Å². The summed E-state index contributed by atoms with van der Waals surface area (Å²) in [7, 11) is -0.482. The van der Waals surface area contributed by atoms with Gasteiger partial charge in [0.05, 0.1) is 11.2 Å². The monoisotopic (exact) mass is 406 g/mol. The predicted octanol–water partition coefficient (Wildman–Crippen LogP) is 4.68. The van der Waals surface area contributed by atoms with Crippen LogP contribution in [0.2, 0.25) is 0 Å². The quantitative estimate of drug-likeness (QED) is 0.457. The zero-order chi connectivity index (χ0) is 21.0. The minimum absolute atomic E-state index is 0.429. The molecule has 0 atom stereocenters. The molecule has 0 radical (unpaired) electrons. The van der Waals surface area contributed by atoms with E-state index >= 15 is 0 Å². The standard InChI is InChI=1S/C23H23BO4S/c1-22(2)23(3,4)28-24(27-22)15(13-29)11-14-9-10-18-19(12-14)16-7-5-6-8-17(16)20(25)21(18)26/h5-12,29H,13H2,1-4H3. The van der Waals surface area contributed by atoms with Gasteiger partial charge in [-0.2, -0.15) is 12.6 Å². The molecule has 0 bridgehead atoms. The summed E-state index contributed by atoms with van der Waals surface area (Å²) in [4.78, 5) is 24.9. The molecule has 1 saturated heterocycles. The Kier molecular flexibility index (Phi) is 4.84. The summed E-state index contributed by atoms with van der Waals surface area (Å²) in [6.45, 7) is 8.06. The minimum Gasteiger partial charge on any atom is -0.400 e. The van der Waals surface area contributed by atoms with Gasteiger partial charge in [-0.15, -0.1) is 0 Å². The van der Waals surface area contributed by atoms with Crippen LogP contribution in [-0.2, 0) is 9.31 Å². The molecular weight excluding hydrogens is 383 g/mol. The Morgan fingerprint density at radius 1 is 0.897 bits per heavy atom. The average Bonchev–Trinajstić information content (AvgIpc) is 2.91. The van der Waals surface area contributed by atoms with Gasteiger partial charge in [-0.1, -0.05) is 36.4 Å². The Morgan fingerprint density at radius 3 is 2.03 bits per heavy atom. The highest BCUT2D eigenvalue weighted by Crippen LogP contribution is 2.39. The summed E-state index contributed by atoms with van der Waals surface area (Å²) in [5, 5.41) is 0. The van der Waals surface area contributed by atoms with Gasteiger partial charge in [0.2, 0.25) is 11.6 Å².